The van der Waals surface area contributed by atoms with E-state index in [0.29, 0.717) is 19.0 Å². The molecule has 1 aliphatic rings. The zero-order valence-corrected chi connectivity index (χ0v) is 15.3. The number of fused-ring (bicyclic) bond motifs is 4. The lowest BCUT2D eigenvalue weighted by Gasteiger charge is -2.21. The van der Waals surface area contributed by atoms with E-state index in [2.05, 4.69) is 27.6 Å². The van der Waals surface area contributed by atoms with Crippen molar-refractivity contribution in [3.63, 3.8) is 0 Å². The summed E-state index contributed by atoms with van der Waals surface area (Å²) in [6.45, 7) is 3.88. The van der Waals surface area contributed by atoms with E-state index >= 15 is 0 Å². The molecule has 0 radical (unpaired) electrons. The number of nitrogens with one attached hydrogen (secondary N) is 2. The van der Waals surface area contributed by atoms with Crippen molar-refractivity contribution in [2.24, 2.45) is 0 Å². The van der Waals surface area contributed by atoms with Gasteiger partial charge in [0.25, 0.3) is 0 Å². The minimum atomic E-state index is -0.297. The van der Waals surface area contributed by atoms with Crippen molar-refractivity contribution in [1.29, 1.82) is 0 Å². The summed E-state index contributed by atoms with van der Waals surface area (Å²) in [5.41, 5.74) is 2.98. The molecule has 1 aromatic carbocycles. The van der Waals surface area contributed by atoms with E-state index < -0.39 is 0 Å². The van der Waals surface area contributed by atoms with Gasteiger partial charge in [0.1, 0.15) is 5.82 Å². The Hall–Kier alpha value is -2.93. The lowest BCUT2D eigenvalue weighted by atomic mass is 10.1. The van der Waals surface area contributed by atoms with Gasteiger partial charge in [0.15, 0.2) is 0 Å². The number of aromatic nitrogens is 3. The largest absolute Gasteiger partial charge is 0.379 e. The second-order valence-corrected chi connectivity index (χ2v) is 6.59. The summed E-state index contributed by atoms with van der Waals surface area (Å²) in [5.74, 6) is 0.541. The molecule has 2 bridgehead atoms. The molecule has 3 aromatic rings. The average molecular weight is 365 g/mol. The van der Waals surface area contributed by atoms with Crippen LogP contribution in [0.1, 0.15) is 30.6 Å². The number of rotatable bonds is 2. The van der Waals surface area contributed by atoms with Crippen LogP contribution in [0.5, 0.6) is 0 Å². The van der Waals surface area contributed by atoms with Gasteiger partial charge in [-0.25, -0.2) is 9.78 Å². The summed E-state index contributed by atoms with van der Waals surface area (Å²) < 4.78 is 7.80. The van der Waals surface area contributed by atoms with Crippen LogP contribution in [0.15, 0.2) is 42.6 Å². The van der Waals surface area contributed by atoms with E-state index in [1.165, 1.54) is 0 Å². The number of anilines is 1. The first-order valence-electron chi connectivity index (χ1n) is 9.30. The molecule has 7 heteroatoms. The van der Waals surface area contributed by atoms with Crippen LogP contribution in [0.3, 0.4) is 0 Å². The Morgan fingerprint density at radius 1 is 1.30 bits per heavy atom. The number of urea groups is 1. The maximum Gasteiger partial charge on any atom is 0.320 e. The molecule has 4 rings (SSSR count). The molecule has 0 spiro atoms. The van der Waals surface area contributed by atoms with E-state index in [4.69, 9.17) is 4.74 Å². The number of hydrogen-bond acceptors (Lipinski definition) is 4. The van der Waals surface area contributed by atoms with Crippen LogP contribution < -0.4 is 10.6 Å². The van der Waals surface area contributed by atoms with Crippen molar-refractivity contribution in [2.75, 3.05) is 18.5 Å². The average Bonchev–Trinajstić information content (AvgIpc) is 3.09. The van der Waals surface area contributed by atoms with Crippen molar-refractivity contribution >= 4 is 22.8 Å². The van der Waals surface area contributed by atoms with E-state index in [1.807, 2.05) is 47.3 Å². The topological polar surface area (TPSA) is 81.1 Å². The van der Waals surface area contributed by atoms with Crippen LogP contribution in [-0.2, 0) is 17.7 Å². The van der Waals surface area contributed by atoms with E-state index in [1.54, 1.807) is 0 Å². The van der Waals surface area contributed by atoms with Crippen molar-refractivity contribution < 1.29 is 9.53 Å². The first-order chi connectivity index (χ1) is 13.2. The Balaban J connectivity index is 1.65. The van der Waals surface area contributed by atoms with E-state index in [-0.39, 0.29) is 12.1 Å². The maximum absolute atomic E-state index is 12.5. The van der Waals surface area contributed by atoms with Gasteiger partial charge < -0.3 is 10.1 Å². The van der Waals surface area contributed by atoms with Crippen LogP contribution in [-0.4, -0.2) is 34.0 Å². The molecular formula is C20H23N5O2. The summed E-state index contributed by atoms with van der Waals surface area (Å²) in [6.07, 6.45) is 3.45. The third-order valence-corrected chi connectivity index (χ3v) is 4.72. The van der Waals surface area contributed by atoms with Gasteiger partial charge in [0.2, 0.25) is 0 Å². The standard InChI is InChI=1S/C20H23N5O2/c1-2-25-19-15(12-21-25)11-18-22-16(19)9-6-10-27-13-17(23-20(26)24-18)14-7-4-3-5-8-14/h3-5,7-8,11-12,17H,2,6,9-10,13H2,1H3,(H2,22,23,24,26)/t17-/m1/s1. The molecule has 2 aromatic heterocycles. The number of carbonyl (C=O) groups is 1. The number of ether oxygens (including phenoxy) is 1. The highest BCUT2D eigenvalue weighted by Gasteiger charge is 2.18. The van der Waals surface area contributed by atoms with Crippen LogP contribution in [0, 0.1) is 0 Å². The molecule has 140 valence electrons. The Morgan fingerprint density at radius 3 is 2.96 bits per heavy atom. The molecule has 7 nitrogen and oxygen atoms in total. The van der Waals surface area contributed by atoms with Crippen molar-refractivity contribution in [2.45, 2.75) is 32.4 Å². The molecule has 0 saturated carbocycles. The predicted octanol–water partition coefficient (Wildman–Crippen LogP) is 3.28. The van der Waals surface area contributed by atoms with E-state index in [0.717, 1.165) is 41.5 Å². The van der Waals surface area contributed by atoms with Crippen LogP contribution in [0.2, 0.25) is 0 Å². The van der Waals surface area contributed by atoms with Crippen molar-refractivity contribution in [3.05, 3.63) is 53.9 Å². The summed E-state index contributed by atoms with van der Waals surface area (Å²) in [4.78, 5) is 17.2. The normalized spacial score (nSPS) is 18.3. The molecule has 0 fully saturated rings. The van der Waals surface area contributed by atoms with Crippen LogP contribution in [0.4, 0.5) is 10.6 Å². The van der Waals surface area contributed by atoms with Crippen molar-refractivity contribution in [1.82, 2.24) is 20.1 Å². The second-order valence-electron chi connectivity index (χ2n) is 6.59. The molecule has 0 aliphatic carbocycles. The van der Waals surface area contributed by atoms with Gasteiger partial charge in [-0.2, -0.15) is 5.10 Å². The smallest absolute Gasteiger partial charge is 0.320 e. The molecular weight excluding hydrogens is 342 g/mol. The van der Waals surface area contributed by atoms with Crippen molar-refractivity contribution in [3.8, 4) is 0 Å². The molecule has 0 saturated heterocycles. The molecule has 1 aliphatic heterocycles. The fourth-order valence-electron chi connectivity index (χ4n) is 3.44. The zero-order chi connectivity index (χ0) is 18.6. The maximum atomic E-state index is 12.5. The van der Waals surface area contributed by atoms with Crippen LogP contribution in [0.25, 0.3) is 10.9 Å². The van der Waals surface area contributed by atoms with E-state index in [9.17, 15) is 4.79 Å². The molecule has 2 N–H and O–H groups in total. The van der Waals surface area contributed by atoms with Gasteiger partial charge >= 0.3 is 6.03 Å². The van der Waals surface area contributed by atoms with Gasteiger partial charge in [-0.3, -0.25) is 10.00 Å². The number of amides is 2. The van der Waals surface area contributed by atoms with Gasteiger partial charge in [-0.15, -0.1) is 0 Å². The number of carbonyl (C=O) groups excluding carboxylic acids is 1. The summed E-state index contributed by atoms with van der Waals surface area (Å²) in [7, 11) is 0. The highest BCUT2D eigenvalue weighted by atomic mass is 16.5. The van der Waals surface area contributed by atoms with Crippen LogP contribution >= 0.6 is 0 Å². The lowest BCUT2D eigenvalue weighted by molar-refractivity contribution is 0.111. The number of pyridine rings is 1. The molecule has 2 amide bonds. The Kier molecular flexibility index (Phi) is 5.02. The molecule has 1 atom stereocenters. The highest BCUT2D eigenvalue weighted by molar-refractivity contribution is 5.92. The predicted molar refractivity (Wildman–Crippen MR) is 104 cm³/mol. The van der Waals surface area contributed by atoms with Gasteiger partial charge in [0, 0.05) is 18.5 Å². The fraction of sp³-hybridized carbons (Fsp3) is 0.350. The summed E-state index contributed by atoms with van der Waals surface area (Å²) >= 11 is 0. The SMILES string of the molecule is CCn1ncc2cc3nc(c21)CCCOC[C@H](c1ccccc1)NC(=O)N3. The monoisotopic (exact) mass is 365 g/mol. The lowest BCUT2D eigenvalue weighted by Crippen LogP contribution is -2.35. The number of hydrogen-bond donors (Lipinski definition) is 2. The molecule has 3 heterocycles. The third kappa shape index (κ3) is 3.78. The molecule has 0 unspecified atom stereocenters. The number of aryl methyl sites for hydroxylation is 2. The Morgan fingerprint density at radius 2 is 2.15 bits per heavy atom. The zero-order valence-electron chi connectivity index (χ0n) is 15.3. The number of benzene rings is 1. The Bertz CT molecular complexity index is 938. The molecule has 27 heavy (non-hydrogen) atoms. The van der Waals surface area contributed by atoms with Gasteiger partial charge in [0.05, 0.1) is 30.1 Å². The number of nitrogens with zero attached hydrogens (tertiary/aromatic N) is 3. The first kappa shape index (κ1) is 17.5. The minimum absolute atomic E-state index is 0.211. The van der Waals surface area contributed by atoms with Gasteiger partial charge in [-0.1, -0.05) is 30.3 Å². The Labute approximate surface area is 157 Å². The third-order valence-electron chi connectivity index (χ3n) is 4.72. The summed E-state index contributed by atoms with van der Waals surface area (Å²) in [6, 6.07) is 11.2. The highest BCUT2D eigenvalue weighted by Crippen LogP contribution is 2.23. The second kappa shape index (κ2) is 7.75. The minimum Gasteiger partial charge on any atom is -0.379 e. The first-order valence-corrected chi connectivity index (χ1v) is 9.30. The van der Waals surface area contributed by atoms with Gasteiger partial charge in [-0.05, 0) is 31.4 Å². The summed E-state index contributed by atoms with van der Waals surface area (Å²) in [5, 5.41) is 11.3. The fourth-order valence-corrected chi connectivity index (χ4v) is 3.44. The quantitative estimate of drug-likeness (QED) is 0.730.